The highest BCUT2D eigenvalue weighted by Gasteiger charge is 2.13. The molecular formula is C16H32N4. The van der Waals surface area contributed by atoms with Gasteiger partial charge in [-0.1, -0.05) is 45.4 Å². The van der Waals surface area contributed by atoms with Gasteiger partial charge in [0.25, 0.3) is 0 Å². The molecule has 0 heterocycles. The molecule has 0 aromatic carbocycles. The Morgan fingerprint density at radius 3 is 2.30 bits per heavy atom. The van der Waals surface area contributed by atoms with E-state index in [2.05, 4.69) is 61.7 Å². The molecule has 0 aromatic heterocycles. The number of nitrogens with one attached hydrogen (secondary N) is 2. The minimum atomic E-state index is 0.212. The van der Waals surface area contributed by atoms with Crippen LogP contribution in [0.3, 0.4) is 0 Å². The van der Waals surface area contributed by atoms with Crippen molar-refractivity contribution in [1.29, 1.82) is 0 Å². The highest BCUT2D eigenvalue weighted by Crippen LogP contribution is 2.22. The summed E-state index contributed by atoms with van der Waals surface area (Å²) in [6.07, 6.45) is 9.17. The highest BCUT2D eigenvalue weighted by molar-refractivity contribution is 5.85. The summed E-state index contributed by atoms with van der Waals surface area (Å²) in [4.78, 5) is 0. The molecule has 0 bridgehead atoms. The zero-order chi connectivity index (χ0) is 15.5. The number of amidine groups is 1. The Morgan fingerprint density at radius 1 is 1.20 bits per heavy atom. The monoisotopic (exact) mass is 280 g/mol. The Balaban J connectivity index is 4.79. The predicted octanol–water partition coefficient (Wildman–Crippen LogP) is 2.85. The van der Waals surface area contributed by atoms with E-state index in [0.29, 0.717) is 11.8 Å². The van der Waals surface area contributed by atoms with Gasteiger partial charge in [0, 0.05) is 25.7 Å². The summed E-state index contributed by atoms with van der Waals surface area (Å²) in [5, 5.41) is 9.98. The second-order valence-corrected chi connectivity index (χ2v) is 5.35. The van der Waals surface area contributed by atoms with Crippen molar-refractivity contribution in [2.75, 3.05) is 14.1 Å². The van der Waals surface area contributed by atoms with Gasteiger partial charge in [0.15, 0.2) is 0 Å². The molecule has 116 valence electrons. The first-order chi connectivity index (χ1) is 9.49. The van der Waals surface area contributed by atoms with E-state index in [4.69, 9.17) is 5.84 Å². The fourth-order valence-electron chi connectivity index (χ4n) is 2.22. The second-order valence-electron chi connectivity index (χ2n) is 5.35. The molecule has 0 radical (unpaired) electrons. The van der Waals surface area contributed by atoms with Crippen LogP contribution >= 0.6 is 0 Å². The summed E-state index contributed by atoms with van der Waals surface area (Å²) in [5.41, 5.74) is 1.23. The lowest BCUT2D eigenvalue weighted by atomic mass is 9.88. The smallest absolute Gasteiger partial charge is 0.128 e. The van der Waals surface area contributed by atoms with Gasteiger partial charge in [-0.25, -0.2) is 0 Å². The number of allylic oxidation sites excluding steroid dienone is 3. The molecule has 20 heavy (non-hydrogen) atoms. The number of rotatable bonds is 8. The number of nitrogens with zero attached hydrogens (tertiary/aromatic N) is 1. The fraction of sp³-hybridized carbons (Fsp3) is 0.688. The van der Waals surface area contributed by atoms with Gasteiger partial charge in [-0.15, -0.1) is 0 Å². The molecule has 0 saturated carbocycles. The van der Waals surface area contributed by atoms with Gasteiger partial charge in [-0.3, -0.25) is 0 Å². The van der Waals surface area contributed by atoms with Crippen LogP contribution < -0.4 is 16.5 Å². The summed E-state index contributed by atoms with van der Waals surface area (Å²) in [6.45, 7) is 8.70. The van der Waals surface area contributed by atoms with Crippen molar-refractivity contribution in [2.45, 2.75) is 40.5 Å². The average molecular weight is 280 g/mol. The Hall–Kier alpha value is -1.45. The summed E-state index contributed by atoms with van der Waals surface area (Å²) in [6, 6.07) is 0. The first kappa shape index (κ1) is 18.6. The van der Waals surface area contributed by atoms with E-state index in [1.54, 1.807) is 0 Å². The van der Waals surface area contributed by atoms with Crippen LogP contribution in [-0.4, -0.2) is 19.9 Å². The predicted molar refractivity (Wildman–Crippen MR) is 89.4 cm³/mol. The first-order valence-electron chi connectivity index (χ1n) is 7.50. The van der Waals surface area contributed by atoms with E-state index in [9.17, 15) is 0 Å². The lowest BCUT2D eigenvalue weighted by Crippen LogP contribution is -2.26. The average Bonchev–Trinajstić information content (AvgIpc) is 2.45. The van der Waals surface area contributed by atoms with Crippen LogP contribution in [0.2, 0.25) is 0 Å². The van der Waals surface area contributed by atoms with Crippen LogP contribution in [0.15, 0.2) is 29.0 Å². The molecule has 0 aliphatic carbocycles. The summed E-state index contributed by atoms with van der Waals surface area (Å²) in [5.74, 6) is 7.43. The molecule has 4 N–H and O–H groups in total. The van der Waals surface area contributed by atoms with Crippen LogP contribution in [-0.2, 0) is 0 Å². The van der Waals surface area contributed by atoms with Gasteiger partial charge < -0.3 is 16.5 Å². The summed E-state index contributed by atoms with van der Waals surface area (Å²) < 4.78 is 0. The van der Waals surface area contributed by atoms with Crippen LogP contribution in [0.1, 0.15) is 40.5 Å². The summed E-state index contributed by atoms with van der Waals surface area (Å²) >= 11 is 0. The van der Waals surface area contributed by atoms with Gasteiger partial charge in [0.05, 0.1) is 0 Å². The van der Waals surface area contributed by atoms with Crippen LogP contribution in [0.25, 0.3) is 0 Å². The van der Waals surface area contributed by atoms with Crippen LogP contribution in [0, 0.1) is 17.8 Å². The maximum atomic E-state index is 5.36. The van der Waals surface area contributed by atoms with Crippen molar-refractivity contribution >= 4 is 5.84 Å². The normalized spacial score (nSPS) is 17.9. The third kappa shape index (κ3) is 6.64. The maximum absolute atomic E-state index is 5.36. The highest BCUT2D eigenvalue weighted by atomic mass is 15.2. The van der Waals surface area contributed by atoms with Gasteiger partial charge in [0.1, 0.15) is 5.84 Å². The van der Waals surface area contributed by atoms with Crippen molar-refractivity contribution in [1.82, 2.24) is 10.6 Å². The van der Waals surface area contributed by atoms with E-state index in [-0.39, 0.29) is 5.92 Å². The fourth-order valence-corrected chi connectivity index (χ4v) is 2.22. The molecule has 1 unspecified atom stereocenters. The maximum Gasteiger partial charge on any atom is 0.128 e. The molecule has 4 nitrogen and oxygen atoms in total. The van der Waals surface area contributed by atoms with Gasteiger partial charge in [-0.05, 0) is 25.2 Å². The molecule has 0 fully saturated rings. The Morgan fingerprint density at radius 2 is 1.85 bits per heavy atom. The molecule has 3 atom stereocenters. The number of hydrogen-bond acceptors (Lipinski definition) is 3. The largest absolute Gasteiger partial charge is 0.392 e. The molecule has 0 amide bonds. The van der Waals surface area contributed by atoms with Crippen LogP contribution in [0.4, 0.5) is 0 Å². The topological polar surface area (TPSA) is 62.4 Å². The molecule has 4 heteroatoms. The Kier molecular flexibility index (Phi) is 9.60. The van der Waals surface area contributed by atoms with Crippen molar-refractivity contribution in [3.05, 3.63) is 23.9 Å². The molecule has 0 aromatic rings. The van der Waals surface area contributed by atoms with Crippen molar-refractivity contribution in [2.24, 2.45) is 28.7 Å². The Bertz CT molecular complexity index is 344. The van der Waals surface area contributed by atoms with E-state index < -0.39 is 0 Å². The molecule has 0 saturated heterocycles. The first-order valence-corrected chi connectivity index (χ1v) is 7.50. The third-order valence-electron chi connectivity index (χ3n) is 3.69. The molecule has 0 rings (SSSR count). The quantitative estimate of drug-likeness (QED) is 0.211. The van der Waals surface area contributed by atoms with Crippen molar-refractivity contribution < 1.29 is 0 Å². The lowest BCUT2D eigenvalue weighted by Gasteiger charge is -2.19. The molecule has 0 aliphatic heterocycles. The minimum Gasteiger partial charge on any atom is -0.392 e. The number of hydrogen-bond donors (Lipinski definition) is 3. The van der Waals surface area contributed by atoms with E-state index in [0.717, 1.165) is 5.84 Å². The lowest BCUT2D eigenvalue weighted by molar-refractivity contribution is 0.465. The van der Waals surface area contributed by atoms with Gasteiger partial charge in [0.2, 0.25) is 0 Å². The van der Waals surface area contributed by atoms with Gasteiger partial charge in [-0.2, -0.15) is 5.10 Å². The molecule has 0 spiro atoms. The second kappa shape index (κ2) is 10.4. The standard InChI is InChI=1S/C16H32N4/c1-7-8-15(11-14(4)18-5)12(2)9-10-13(3)16(19-6)20-17/h9-13,15,18H,7-8,17H2,1-6H3,(H,19,20)/b10-9-,14-11+/t12-,13-,15?/m1/s1. The van der Waals surface area contributed by atoms with Crippen LogP contribution in [0.5, 0.6) is 0 Å². The minimum absolute atomic E-state index is 0.212. The third-order valence-corrected chi connectivity index (χ3v) is 3.69. The van der Waals surface area contributed by atoms with E-state index in [1.165, 1.54) is 18.5 Å². The Labute approximate surface area is 124 Å². The zero-order valence-electron chi connectivity index (χ0n) is 13.9. The summed E-state index contributed by atoms with van der Waals surface area (Å²) in [7, 11) is 3.81. The zero-order valence-corrected chi connectivity index (χ0v) is 13.9. The number of hydrazone groups is 1. The van der Waals surface area contributed by atoms with E-state index >= 15 is 0 Å². The van der Waals surface area contributed by atoms with Crippen molar-refractivity contribution in [3.8, 4) is 0 Å². The number of nitrogens with two attached hydrogens (primary N) is 1. The van der Waals surface area contributed by atoms with Crippen molar-refractivity contribution in [3.63, 3.8) is 0 Å². The molecular weight excluding hydrogens is 248 g/mol. The molecule has 0 aliphatic rings. The van der Waals surface area contributed by atoms with Gasteiger partial charge >= 0.3 is 0 Å². The van der Waals surface area contributed by atoms with E-state index in [1.807, 2.05) is 14.1 Å². The SMILES string of the molecule is CCCC(/C=C(\C)NC)[C@H](C)/C=C\[C@@H](C)/C(=N\N)NC.